The van der Waals surface area contributed by atoms with Gasteiger partial charge in [0.1, 0.15) is 0 Å². The van der Waals surface area contributed by atoms with E-state index in [2.05, 4.69) is 12.2 Å². The molecule has 2 aliphatic rings. The fourth-order valence-electron chi connectivity index (χ4n) is 3.61. The number of piperidine rings is 1. The number of benzene rings is 1. The SMILES string of the molecule is O=C(C[C@@H]1C=CCC1)N1CCC([C@H](O)c2ccccc2)CC1. The van der Waals surface area contributed by atoms with Gasteiger partial charge < -0.3 is 10.0 Å². The molecule has 2 atom stereocenters. The summed E-state index contributed by atoms with van der Waals surface area (Å²) >= 11 is 0. The molecule has 1 saturated heterocycles. The zero-order chi connectivity index (χ0) is 15.4. The maximum atomic E-state index is 12.3. The molecule has 22 heavy (non-hydrogen) atoms. The fourth-order valence-corrected chi connectivity index (χ4v) is 3.61. The molecule has 3 rings (SSSR count). The van der Waals surface area contributed by atoms with Gasteiger partial charge in [-0.2, -0.15) is 0 Å². The van der Waals surface area contributed by atoms with Gasteiger partial charge in [-0.3, -0.25) is 4.79 Å². The zero-order valence-electron chi connectivity index (χ0n) is 13.0. The van der Waals surface area contributed by atoms with Gasteiger partial charge in [0, 0.05) is 19.5 Å². The molecule has 0 bridgehead atoms. The van der Waals surface area contributed by atoms with Gasteiger partial charge >= 0.3 is 0 Å². The van der Waals surface area contributed by atoms with Crippen molar-refractivity contribution >= 4 is 5.91 Å². The zero-order valence-corrected chi connectivity index (χ0v) is 13.0. The number of amides is 1. The van der Waals surface area contributed by atoms with Crippen LogP contribution in [-0.4, -0.2) is 29.0 Å². The van der Waals surface area contributed by atoms with E-state index < -0.39 is 6.10 Å². The van der Waals surface area contributed by atoms with Gasteiger partial charge in [-0.25, -0.2) is 0 Å². The van der Waals surface area contributed by atoms with Gasteiger partial charge in [0.2, 0.25) is 5.91 Å². The van der Waals surface area contributed by atoms with Crippen molar-refractivity contribution in [2.45, 2.75) is 38.2 Å². The van der Waals surface area contributed by atoms with Crippen molar-refractivity contribution in [2.24, 2.45) is 11.8 Å². The van der Waals surface area contributed by atoms with E-state index in [0.717, 1.165) is 44.3 Å². The van der Waals surface area contributed by atoms with E-state index in [9.17, 15) is 9.90 Å². The summed E-state index contributed by atoms with van der Waals surface area (Å²) in [6, 6.07) is 9.86. The van der Waals surface area contributed by atoms with Crippen molar-refractivity contribution in [2.75, 3.05) is 13.1 Å². The van der Waals surface area contributed by atoms with E-state index in [1.54, 1.807) is 0 Å². The number of hydrogen-bond donors (Lipinski definition) is 1. The van der Waals surface area contributed by atoms with Gasteiger partial charge in [0.05, 0.1) is 6.10 Å². The third kappa shape index (κ3) is 3.58. The maximum absolute atomic E-state index is 12.3. The summed E-state index contributed by atoms with van der Waals surface area (Å²) in [6.07, 6.45) is 8.63. The summed E-state index contributed by atoms with van der Waals surface area (Å²) in [6.45, 7) is 1.56. The Morgan fingerprint density at radius 1 is 1.18 bits per heavy atom. The van der Waals surface area contributed by atoms with Crippen molar-refractivity contribution < 1.29 is 9.90 Å². The summed E-state index contributed by atoms with van der Waals surface area (Å²) in [5.74, 6) is 0.988. The first kappa shape index (κ1) is 15.3. The number of likely N-dealkylation sites (tertiary alicyclic amines) is 1. The Hall–Kier alpha value is -1.61. The van der Waals surface area contributed by atoms with E-state index in [1.165, 1.54) is 0 Å². The summed E-state index contributed by atoms with van der Waals surface area (Å²) < 4.78 is 0. The Balaban J connectivity index is 1.49. The van der Waals surface area contributed by atoms with E-state index in [0.29, 0.717) is 12.3 Å². The third-order valence-corrected chi connectivity index (χ3v) is 5.03. The molecule has 1 amide bonds. The molecular weight excluding hydrogens is 274 g/mol. The summed E-state index contributed by atoms with van der Waals surface area (Å²) in [4.78, 5) is 14.3. The van der Waals surface area contributed by atoms with Crippen LogP contribution in [0.3, 0.4) is 0 Å². The normalized spacial score (nSPS) is 23.7. The van der Waals surface area contributed by atoms with Crippen LogP contribution in [-0.2, 0) is 4.79 Å². The lowest BCUT2D eigenvalue weighted by atomic mass is 9.87. The monoisotopic (exact) mass is 299 g/mol. The van der Waals surface area contributed by atoms with E-state index >= 15 is 0 Å². The molecule has 0 saturated carbocycles. The highest BCUT2D eigenvalue weighted by Crippen LogP contribution is 2.31. The number of carbonyl (C=O) groups is 1. The minimum atomic E-state index is -0.406. The van der Waals surface area contributed by atoms with Gasteiger partial charge in [0.25, 0.3) is 0 Å². The topological polar surface area (TPSA) is 40.5 Å². The van der Waals surface area contributed by atoms with Gasteiger partial charge in [0.15, 0.2) is 0 Å². The first-order chi connectivity index (χ1) is 10.7. The highest BCUT2D eigenvalue weighted by molar-refractivity contribution is 5.76. The average Bonchev–Trinajstić information content (AvgIpc) is 3.08. The van der Waals surface area contributed by atoms with E-state index in [4.69, 9.17) is 0 Å². The number of rotatable bonds is 4. The second-order valence-corrected chi connectivity index (χ2v) is 6.54. The van der Waals surface area contributed by atoms with Crippen LogP contribution in [0.25, 0.3) is 0 Å². The molecule has 0 unspecified atom stereocenters. The molecule has 118 valence electrons. The van der Waals surface area contributed by atoms with Crippen molar-refractivity contribution in [3.8, 4) is 0 Å². The summed E-state index contributed by atoms with van der Waals surface area (Å²) in [5.41, 5.74) is 0.989. The lowest BCUT2D eigenvalue weighted by Crippen LogP contribution is -2.40. The van der Waals surface area contributed by atoms with Crippen LogP contribution in [0.4, 0.5) is 0 Å². The molecule has 1 aromatic carbocycles. The van der Waals surface area contributed by atoms with Crippen molar-refractivity contribution in [3.63, 3.8) is 0 Å². The Bertz CT molecular complexity index is 517. The number of aliphatic hydroxyl groups excluding tert-OH is 1. The van der Waals surface area contributed by atoms with Crippen molar-refractivity contribution in [3.05, 3.63) is 48.0 Å². The Labute approximate surface area is 132 Å². The molecule has 1 aromatic rings. The Kier molecular flexibility index (Phi) is 4.94. The molecule has 1 fully saturated rings. The fraction of sp³-hybridized carbons (Fsp3) is 0.526. The highest BCUT2D eigenvalue weighted by atomic mass is 16.3. The Morgan fingerprint density at radius 2 is 1.91 bits per heavy atom. The second-order valence-electron chi connectivity index (χ2n) is 6.54. The standard InChI is InChI=1S/C19H25NO2/c21-18(14-15-6-4-5-7-15)20-12-10-17(11-13-20)19(22)16-8-2-1-3-9-16/h1-4,6,8-9,15,17,19,22H,5,7,10-14H2/t15-,19-/m1/s1. The van der Waals surface area contributed by atoms with Crippen LogP contribution < -0.4 is 0 Å². The molecule has 0 radical (unpaired) electrons. The van der Waals surface area contributed by atoms with Crippen molar-refractivity contribution in [1.29, 1.82) is 0 Å². The quantitative estimate of drug-likeness (QED) is 0.867. The van der Waals surface area contributed by atoms with Crippen LogP contribution >= 0.6 is 0 Å². The van der Waals surface area contributed by atoms with Crippen LogP contribution in [0.2, 0.25) is 0 Å². The van der Waals surface area contributed by atoms with Crippen LogP contribution in [0.15, 0.2) is 42.5 Å². The number of allylic oxidation sites excluding steroid dienone is 2. The number of aliphatic hydroxyl groups is 1. The average molecular weight is 299 g/mol. The number of carbonyl (C=O) groups excluding carboxylic acids is 1. The largest absolute Gasteiger partial charge is 0.388 e. The highest BCUT2D eigenvalue weighted by Gasteiger charge is 2.28. The molecule has 1 N–H and O–H groups in total. The van der Waals surface area contributed by atoms with Crippen molar-refractivity contribution in [1.82, 2.24) is 4.90 Å². The number of nitrogens with zero attached hydrogens (tertiary/aromatic N) is 1. The molecule has 0 aromatic heterocycles. The van der Waals surface area contributed by atoms with E-state index in [1.807, 2.05) is 35.2 Å². The van der Waals surface area contributed by atoms with Crippen LogP contribution in [0, 0.1) is 11.8 Å². The predicted octanol–water partition coefficient (Wildman–Crippen LogP) is 3.31. The maximum Gasteiger partial charge on any atom is 0.223 e. The minimum absolute atomic E-state index is 0.262. The summed E-state index contributed by atoms with van der Waals surface area (Å²) in [7, 11) is 0. The van der Waals surface area contributed by atoms with Crippen LogP contribution in [0.1, 0.15) is 43.8 Å². The third-order valence-electron chi connectivity index (χ3n) is 5.03. The predicted molar refractivity (Wildman–Crippen MR) is 87.2 cm³/mol. The van der Waals surface area contributed by atoms with E-state index in [-0.39, 0.29) is 11.8 Å². The molecule has 1 aliphatic heterocycles. The molecule has 3 nitrogen and oxygen atoms in total. The molecule has 1 heterocycles. The smallest absolute Gasteiger partial charge is 0.223 e. The lowest BCUT2D eigenvalue weighted by Gasteiger charge is -2.34. The molecular formula is C19H25NO2. The molecule has 3 heteroatoms. The minimum Gasteiger partial charge on any atom is -0.388 e. The second kappa shape index (κ2) is 7.10. The Morgan fingerprint density at radius 3 is 2.55 bits per heavy atom. The first-order valence-corrected chi connectivity index (χ1v) is 8.41. The summed E-state index contributed by atoms with van der Waals surface area (Å²) in [5, 5.41) is 10.5. The molecule has 1 aliphatic carbocycles. The first-order valence-electron chi connectivity index (χ1n) is 8.41. The lowest BCUT2D eigenvalue weighted by molar-refractivity contribution is -0.133. The van der Waals surface area contributed by atoms with Gasteiger partial charge in [-0.1, -0.05) is 42.5 Å². The number of hydrogen-bond acceptors (Lipinski definition) is 2. The van der Waals surface area contributed by atoms with Gasteiger partial charge in [-0.15, -0.1) is 0 Å². The van der Waals surface area contributed by atoms with Crippen LogP contribution in [0.5, 0.6) is 0 Å². The van der Waals surface area contributed by atoms with Gasteiger partial charge in [-0.05, 0) is 43.1 Å². The molecule has 0 spiro atoms.